The van der Waals surface area contributed by atoms with Crippen molar-refractivity contribution in [2.75, 3.05) is 23.9 Å². The molecule has 1 fully saturated rings. The molecule has 0 aromatic heterocycles. The van der Waals surface area contributed by atoms with Gasteiger partial charge in [0.15, 0.2) is 0 Å². The van der Waals surface area contributed by atoms with E-state index in [1.807, 2.05) is 61.6 Å². The lowest BCUT2D eigenvalue weighted by Crippen LogP contribution is -2.43. The van der Waals surface area contributed by atoms with Gasteiger partial charge in [-0.1, -0.05) is 48.5 Å². The number of urea groups is 1. The van der Waals surface area contributed by atoms with Crippen molar-refractivity contribution in [3.8, 4) is 11.1 Å². The van der Waals surface area contributed by atoms with Crippen LogP contribution < -0.4 is 5.32 Å². The third-order valence-corrected chi connectivity index (χ3v) is 5.86. The molecule has 0 bridgehead atoms. The number of nitrogens with one attached hydrogen (secondary N) is 1. The van der Waals surface area contributed by atoms with E-state index in [1.165, 1.54) is 0 Å². The molecule has 1 heterocycles. The van der Waals surface area contributed by atoms with E-state index in [-0.39, 0.29) is 12.1 Å². The zero-order chi connectivity index (χ0) is 16.9. The van der Waals surface area contributed by atoms with Crippen LogP contribution in [0.5, 0.6) is 0 Å². The van der Waals surface area contributed by atoms with E-state index in [2.05, 4.69) is 5.32 Å². The zero-order valence-electron chi connectivity index (χ0n) is 13.8. The summed E-state index contributed by atoms with van der Waals surface area (Å²) in [5, 5.41) is 3.03. The Balaban J connectivity index is 1.74. The van der Waals surface area contributed by atoms with Gasteiger partial charge in [0.25, 0.3) is 0 Å². The van der Waals surface area contributed by atoms with Crippen molar-refractivity contribution in [2.24, 2.45) is 0 Å². The lowest BCUT2D eigenvalue weighted by molar-refractivity contribution is 0.199. The van der Waals surface area contributed by atoms with Crippen LogP contribution in [0.3, 0.4) is 0 Å². The first-order valence-electron chi connectivity index (χ1n) is 8.18. The fourth-order valence-corrected chi connectivity index (χ4v) is 4.27. The van der Waals surface area contributed by atoms with Gasteiger partial charge < -0.3 is 10.2 Å². The molecule has 0 spiro atoms. The Labute approximate surface area is 145 Å². The molecule has 1 saturated heterocycles. The topological polar surface area (TPSA) is 49.4 Å². The summed E-state index contributed by atoms with van der Waals surface area (Å²) < 4.78 is 11.5. The van der Waals surface area contributed by atoms with Gasteiger partial charge in [-0.25, -0.2) is 4.79 Å². The normalized spacial score (nSPS) is 20.4. The summed E-state index contributed by atoms with van der Waals surface area (Å²) in [6.45, 7) is 0. The molecule has 0 saturated carbocycles. The third-order valence-electron chi connectivity index (χ3n) is 4.48. The average Bonchev–Trinajstić information content (AvgIpc) is 2.63. The van der Waals surface area contributed by atoms with Gasteiger partial charge in [0.05, 0.1) is 5.69 Å². The average molecular weight is 342 g/mol. The van der Waals surface area contributed by atoms with E-state index in [1.54, 1.807) is 4.90 Å². The maximum absolute atomic E-state index is 12.6. The predicted molar refractivity (Wildman–Crippen MR) is 99.6 cm³/mol. The summed E-state index contributed by atoms with van der Waals surface area (Å²) in [5.41, 5.74) is 2.88. The van der Waals surface area contributed by atoms with E-state index in [9.17, 15) is 9.00 Å². The molecule has 2 amide bonds. The number of anilines is 1. The van der Waals surface area contributed by atoms with Crippen molar-refractivity contribution in [3.05, 3.63) is 54.6 Å². The summed E-state index contributed by atoms with van der Waals surface area (Å²) in [6.07, 6.45) is 1.60. The second-order valence-electron chi connectivity index (χ2n) is 6.03. The van der Waals surface area contributed by atoms with Crippen LogP contribution >= 0.6 is 0 Å². The van der Waals surface area contributed by atoms with Crippen LogP contribution in [0, 0.1) is 0 Å². The molecule has 0 atom stereocenters. The number of hydrogen-bond acceptors (Lipinski definition) is 2. The van der Waals surface area contributed by atoms with Crippen molar-refractivity contribution < 1.29 is 9.00 Å². The van der Waals surface area contributed by atoms with E-state index >= 15 is 0 Å². The Kier molecular flexibility index (Phi) is 5.30. The molecule has 1 aliphatic heterocycles. The van der Waals surface area contributed by atoms with Crippen molar-refractivity contribution in [1.82, 2.24) is 4.90 Å². The molecule has 0 aliphatic carbocycles. The van der Waals surface area contributed by atoms with Gasteiger partial charge in [-0.15, -0.1) is 0 Å². The van der Waals surface area contributed by atoms with Gasteiger partial charge in [-0.3, -0.25) is 4.21 Å². The van der Waals surface area contributed by atoms with Crippen LogP contribution in [0.1, 0.15) is 12.8 Å². The molecule has 126 valence electrons. The summed E-state index contributed by atoms with van der Waals surface area (Å²) in [5.74, 6) is 1.37. The van der Waals surface area contributed by atoms with Crippen molar-refractivity contribution >= 4 is 22.5 Å². The monoisotopic (exact) mass is 342 g/mol. The second-order valence-corrected chi connectivity index (χ2v) is 7.73. The maximum atomic E-state index is 12.6. The third kappa shape index (κ3) is 3.85. The highest BCUT2D eigenvalue weighted by atomic mass is 32.2. The number of benzene rings is 2. The lowest BCUT2D eigenvalue weighted by atomic mass is 10.0. The van der Waals surface area contributed by atoms with Gasteiger partial charge in [0.2, 0.25) is 0 Å². The molecule has 4 nitrogen and oxygen atoms in total. The van der Waals surface area contributed by atoms with Crippen LogP contribution in [0.25, 0.3) is 11.1 Å². The number of nitrogens with zero attached hydrogens (tertiary/aromatic N) is 1. The van der Waals surface area contributed by atoms with Crippen LogP contribution in [0.2, 0.25) is 0 Å². The van der Waals surface area contributed by atoms with Crippen molar-refractivity contribution in [3.63, 3.8) is 0 Å². The summed E-state index contributed by atoms with van der Waals surface area (Å²) in [7, 11) is 1.10. The highest BCUT2D eigenvalue weighted by molar-refractivity contribution is 7.85. The van der Waals surface area contributed by atoms with Crippen LogP contribution in [-0.4, -0.2) is 39.7 Å². The van der Waals surface area contributed by atoms with Crippen molar-refractivity contribution in [1.29, 1.82) is 0 Å². The van der Waals surface area contributed by atoms with Crippen LogP contribution in [-0.2, 0) is 10.8 Å². The maximum Gasteiger partial charge on any atom is 0.321 e. The molecule has 1 aliphatic rings. The number of para-hydroxylation sites is 1. The SMILES string of the molecule is CN(C(=O)Nc1ccccc1-c1ccccc1)C1CCS(=O)CC1. The molecular formula is C19H22N2O2S. The lowest BCUT2D eigenvalue weighted by Gasteiger charge is -2.31. The number of carbonyl (C=O) groups is 1. The van der Waals surface area contributed by atoms with Gasteiger partial charge in [-0.2, -0.15) is 0 Å². The molecule has 3 rings (SSSR count). The molecule has 1 N–H and O–H groups in total. The van der Waals surface area contributed by atoms with Crippen LogP contribution in [0.4, 0.5) is 10.5 Å². The Morgan fingerprint density at radius 3 is 2.38 bits per heavy atom. The molecule has 5 heteroatoms. The zero-order valence-corrected chi connectivity index (χ0v) is 14.6. The molecule has 24 heavy (non-hydrogen) atoms. The minimum Gasteiger partial charge on any atom is -0.325 e. The van der Waals surface area contributed by atoms with E-state index in [0.29, 0.717) is 11.5 Å². The van der Waals surface area contributed by atoms with Gasteiger partial charge in [0, 0.05) is 41.0 Å². The molecular weight excluding hydrogens is 320 g/mol. The minimum absolute atomic E-state index is 0.115. The first-order valence-corrected chi connectivity index (χ1v) is 9.67. The Hall–Kier alpha value is -2.14. The van der Waals surface area contributed by atoms with Gasteiger partial charge in [0.1, 0.15) is 0 Å². The molecule has 0 radical (unpaired) electrons. The Morgan fingerprint density at radius 2 is 1.67 bits per heavy atom. The fraction of sp³-hybridized carbons (Fsp3) is 0.316. The van der Waals surface area contributed by atoms with Crippen molar-refractivity contribution in [2.45, 2.75) is 18.9 Å². The number of hydrogen-bond donors (Lipinski definition) is 1. The quantitative estimate of drug-likeness (QED) is 0.924. The highest BCUT2D eigenvalue weighted by Crippen LogP contribution is 2.28. The minimum atomic E-state index is -0.716. The molecule has 0 unspecified atom stereocenters. The van der Waals surface area contributed by atoms with Gasteiger partial charge >= 0.3 is 6.03 Å². The highest BCUT2D eigenvalue weighted by Gasteiger charge is 2.25. The Bertz CT molecular complexity index is 723. The van der Waals surface area contributed by atoms with Crippen LogP contribution in [0.15, 0.2) is 54.6 Å². The second kappa shape index (κ2) is 7.62. The number of rotatable bonds is 3. The number of amides is 2. The molecule has 2 aromatic rings. The molecule has 2 aromatic carbocycles. The summed E-state index contributed by atoms with van der Waals surface area (Å²) in [6, 6.07) is 17.9. The largest absolute Gasteiger partial charge is 0.325 e. The van der Waals surface area contributed by atoms with E-state index < -0.39 is 10.8 Å². The van der Waals surface area contributed by atoms with E-state index in [0.717, 1.165) is 29.7 Å². The summed E-state index contributed by atoms with van der Waals surface area (Å²) in [4.78, 5) is 14.4. The fourth-order valence-electron chi connectivity index (χ4n) is 3.00. The predicted octanol–water partition coefficient (Wildman–Crippen LogP) is 3.73. The first kappa shape index (κ1) is 16.7. The first-order chi connectivity index (χ1) is 11.6. The number of carbonyl (C=O) groups excluding carboxylic acids is 1. The van der Waals surface area contributed by atoms with E-state index in [4.69, 9.17) is 0 Å². The van der Waals surface area contributed by atoms with Gasteiger partial charge in [-0.05, 0) is 24.5 Å². The smallest absolute Gasteiger partial charge is 0.321 e. The standard InChI is InChI=1S/C19H22N2O2S/c1-21(16-11-13-24(23)14-12-16)19(22)20-18-10-6-5-9-17(18)15-7-3-2-4-8-15/h2-10,16H,11-14H2,1H3,(H,20,22). The Morgan fingerprint density at radius 1 is 1.04 bits per heavy atom. The summed E-state index contributed by atoms with van der Waals surface area (Å²) >= 11 is 0.